The Labute approximate surface area is 222 Å². The zero-order chi connectivity index (χ0) is 27.2. The van der Waals surface area contributed by atoms with Gasteiger partial charge in [-0.25, -0.2) is 4.39 Å². The Morgan fingerprint density at radius 3 is 1.53 bits per heavy atom. The molecule has 0 aliphatic heterocycles. The van der Waals surface area contributed by atoms with E-state index in [1.165, 1.54) is 11.8 Å². The molecule has 0 spiro atoms. The van der Waals surface area contributed by atoms with Gasteiger partial charge in [-0.05, 0) is 34.4 Å². The molecular weight excluding hydrogens is 514 g/mol. The molecule has 1 unspecified atom stereocenters. The van der Waals surface area contributed by atoms with E-state index in [4.69, 9.17) is 0 Å². The minimum absolute atomic E-state index is 0.193. The van der Waals surface area contributed by atoms with Gasteiger partial charge in [0.15, 0.2) is 0 Å². The molecule has 0 aliphatic carbocycles. The summed E-state index contributed by atoms with van der Waals surface area (Å²) in [6.45, 7) is 0. The number of alkyl halides is 3. The minimum atomic E-state index is -4.80. The molecule has 0 heterocycles. The first-order chi connectivity index (χ1) is 18.2. The molecule has 4 rings (SSSR count). The number of nitrogens with one attached hydrogen (secondary N) is 1. The summed E-state index contributed by atoms with van der Waals surface area (Å²) in [7, 11) is 0. The van der Waals surface area contributed by atoms with E-state index < -0.39 is 34.8 Å². The van der Waals surface area contributed by atoms with Crippen LogP contribution in [-0.2, 0) is 9.54 Å². The number of rotatable bonds is 10. The van der Waals surface area contributed by atoms with Crippen LogP contribution < -0.4 is 5.32 Å². The second kappa shape index (κ2) is 11.8. The maximum absolute atomic E-state index is 14.0. The standard InChI is InChI=1S/C30H25F4NO2S/c31-25-18-16-21(17-19-25)27(30(32,33)34)35-26(28(36)37)20-38-29(22-10-4-1-5-11-22,23-12-6-2-7-13-23)24-14-8-3-9-15-24/h1-19,26-27,35H,20H2,(H,36,37)/t26?,27-/m0/s1. The molecule has 4 aromatic carbocycles. The lowest BCUT2D eigenvalue weighted by Gasteiger charge is -2.36. The molecular formula is C30H25F4NO2S. The van der Waals surface area contributed by atoms with Crippen molar-refractivity contribution in [1.82, 2.24) is 5.32 Å². The number of carboxylic acids is 1. The van der Waals surface area contributed by atoms with Crippen LogP contribution >= 0.6 is 11.8 Å². The first kappa shape index (κ1) is 27.4. The van der Waals surface area contributed by atoms with Crippen molar-refractivity contribution in [3.05, 3.63) is 143 Å². The van der Waals surface area contributed by atoms with Crippen LogP contribution in [0.4, 0.5) is 17.6 Å². The van der Waals surface area contributed by atoms with Gasteiger partial charge in [-0.1, -0.05) is 103 Å². The van der Waals surface area contributed by atoms with Crippen LogP contribution in [0.2, 0.25) is 0 Å². The van der Waals surface area contributed by atoms with Crippen molar-refractivity contribution < 1.29 is 27.5 Å². The second-order valence-electron chi connectivity index (χ2n) is 8.67. The van der Waals surface area contributed by atoms with Crippen molar-refractivity contribution in [3.63, 3.8) is 0 Å². The Balaban J connectivity index is 1.75. The summed E-state index contributed by atoms with van der Waals surface area (Å²) < 4.78 is 54.6. The van der Waals surface area contributed by atoms with Crippen molar-refractivity contribution in [2.45, 2.75) is 23.0 Å². The van der Waals surface area contributed by atoms with Gasteiger partial charge in [0.2, 0.25) is 0 Å². The third-order valence-corrected chi connectivity index (χ3v) is 7.84. The first-order valence-electron chi connectivity index (χ1n) is 11.8. The average Bonchev–Trinajstić information content (AvgIpc) is 2.92. The van der Waals surface area contributed by atoms with Crippen molar-refractivity contribution in [2.24, 2.45) is 0 Å². The zero-order valence-electron chi connectivity index (χ0n) is 20.1. The highest BCUT2D eigenvalue weighted by Gasteiger charge is 2.44. The smallest absolute Gasteiger partial charge is 0.407 e. The quantitative estimate of drug-likeness (QED) is 0.165. The summed E-state index contributed by atoms with van der Waals surface area (Å²) in [5.74, 6) is -2.29. The fourth-order valence-electron chi connectivity index (χ4n) is 4.40. The Bertz CT molecular complexity index is 1220. The van der Waals surface area contributed by atoms with Gasteiger partial charge < -0.3 is 5.11 Å². The van der Waals surface area contributed by atoms with Gasteiger partial charge in [0.25, 0.3) is 0 Å². The number of hydrogen-bond donors (Lipinski definition) is 2. The zero-order valence-corrected chi connectivity index (χ0v) is 20.9. The van der Waals surface area contributed by atoms with Crippen LogP contribution in [0.3, 0.4) is 0 Å². The summed E-state index contributed by atoms with van der Waals surface area (Å²) in [6.07, 6.45) is -4.80. The van der Waals surface area contributed by atoms with Crippen molar-refractivity contribution in [3.8, 4) is 0 Å². The Morgan fingerprint density at radius 1 is 0.737 bits per heavy atom. The van der Waals surface area contributed by atoms with E-state index in [1.54, 1.807) is 0 Å². The monoisotopic (exact) mass is 539 g/mol. The van der Waals surface area contributed by atoms with Crippen LogP contribution in [0.25, 0.3) is 0 Å². The molecule has 0 saturated heterocycles. The molecule has 196 valence electrons. The van der Waals surface area contributed by atoms with Crippen LogP contribution in [-0.4, -0.2) is 29.0 Å². The van der Waals surface area contributed by atoms with Crippen molar-refractivity contribution in [1.29, 1.82) is 0 Å². The Hall–Kier alpha value is -3.62. The summed E-state index contributed by atoms with van der Waals surface area (Å²) >= 11 is 1.24. The van der Waals surface area contributed by atoms with Gasteiger partial charge in [-0.15, -0.1) is 11.8 Å². The number of thioether (sulfide) groups is 1. The number of carboxylic acid groups (broad SMARTS) is 1. The summed E-state index contributed by atoms with van der Waals surface area (Å²) in [5.41, 5.74) is 2.31. The molecule has 0 aliphatic rings. The van der Waals surface area contributed by atoms with Crippen LogP contribution in [0.15, 0.2) is 115 Å². The van der Waals surface area contributed by atoms with Crippen LogP contribution in [0, 0.1) is 5.82 Å². The van der Waals surface area contributed by atoms with E-state index in [9.17, 15) is 27.5 Å². The molecule has 0 fully saturated rings. The highest BCUT2D eigenvalue weighted by Crippen LogP contribution is 2.48. The molecule has 4 aromatic rings. The number of carbonyl (C=O) groups is 1. The second-order valence-corrected chi connectivity index (χ2v) is 9.91. The largest absolute Gasteiger partial charge is 0.480 e. The molecule has 0 amide bonds. The summed E-state index contributed by atoms with van der Waals surface area (Å²) in [6, 6.07) is 28.4. The molecule has 2 atom stereocenters. The van der Waals surface area contributed by atoms with Crippen molar-refractivity contribution >= 4 is 17.7 Å². The number of benzene rings is 4. The maximum atomic E-state index is 14.0. The highest BCUT2D eigenvalue weighted by molar-refractivity contribution is 8.00. The average molecular weight is 540 g/mol. The van der Waals surface area contributed by atoms with E-state index in [0.29, 0.717) is 0 Å². The van der Waals surface area contributed by atoms with Crippen LogP contribution in [0.5, 0.6) is 0 Å². The van der Waals surface area contributed by atoms with Gasteiger partial charge >= 0.3 is 12.1 Å². The third-order valence-electron chi connectivity index (χ3n) is 6.20. The fourth-order valence-corrected chi connectivity index (χ4v) is 5.97. The normalized spacial score (nSPS) is 13.6. The molecule has 8 heteroatoms. The molecule has 3 nitrogen and oxygen atoms in total. The molecule has 38 heavy (non-hydrogen) atoms. The highest BCUT2D eigenvalue weighted by atomic mass is 32.2. The summed E-state index contributed by atoms with van der Waals surface area (Å²) in [5, 5.41) is 12.3. The lowest BCUT2D eigenvalue weighted by molar-refractivity contribution is -0.162. The van der Waals surface area contributed by atoms with E-state index >= 15 is 0 Å². The van der Waals surface area contributed by atoms with Gasteiger partial charge in [0, 0.05) is 5.75 Å². The van der Waals surface area contributed by atoms with Crippen molar-refractivity contribution in [2.75, 3.05) is 5.75 Å². The maximum Gasteiger partial charge on any atom is 0.407 e. The fraction of sp³-hybridized carbons (Fsp3) is 0.167. The molecule has 0 aromatic heterocycles. The first-order valence-corrected chi connectivity index (χ1v) is 12.8. The lowest BCUT2D eigenvalue weighted by Crippen LogP contribution is -2.46. The molecule has 0 bridgehead atoms. The number of hydrogen-bond acceptors (Lipinski definition) is 3. The molecule has 2 N–H and O–H groups in total. The third kappa shape index (κ3) is 6.09. The van der Waals surface area contributed by atoms with Gasteiger partial charge in [0.1, 0.15) is 17.9 Å². The minimum Gasteiger partial charge on any atom is -0.480 e. The predicted molar refractivity (Wildman–Crippen MR) is 141 cm³/mol. The number of halogens is 4. The topological polar surface area (TPSA) is 49.3 Å². The SMILES string of the molecule is O=C(O)C(CSC(c1ccccc1)(c1ccccc1)c1ccccc1)N[C@@H](c1ccc(F)cc1)C(F)(F)F. The van der Waals surface area contributed by atoms with E-state index in [2.05, 4.69) is 5.32 Å². The van der Waals surface area contributed by atoms with E-state index in [0.717, 1.165) is 41.0 Å². The van der Waals surface area contributed by atoms with E-state index in [1.807, 2.05) is 91.0 Å². The van der Waals surface area contributed by atoms with Gasteiger partial charge in [0.05, 0.1) is 4.75 Å². The molecule has 0 radical (unpaired) electrons. The van der Waals surface area contributed by atoms with Gasteiger partial charge in [-0.3, -0.25) is 10.1 Å². The van der Waals surface area contributed by atoms with Crippen LogP contribution in [0.1, 0.15) is 28.3 Å². The lowest BCUT2D eigenvalue weighted by atomic mass is 9.84. The Morgan fingerprint density at radius 2 is 1.16 bits per heavy atom. The number of aliphatic carboxylic acids is 1. The Kier molecular flexibility index (Phi) is 8.54. The predicted octanol–water partition coefficient (Wildman–Crippen LogP) is 7.20. The van der Waals surface area contributed by atoms with Gasteiger partial charge in [-0.2, -0.15) is 13.2 Å². The summed E-state index contributed by atoms with van der Waals surface area (Å²) in [4.78, 5) is 12.3. The molecule has 0 saturated carbocycles. The van der Waals surface area contributed by atoms with E-state index in [-0.39, 0.29) is 11.3 Å².